The minimum absolute atomic E-state index is 0.0922. The summed E-state index contributed by atoms with van der Waals surface area (Å²) in [4.78, 5) is 33.0. The second-order valence-corrected chi connectivity index (χ2v) is 5.55. The van der Waals surface area contributed by atoms with Crippen molar-refractivity contribution in [1.29, 1.82) is 0 Å². The Hall–Kier alpha value is -3.15. The van der Waals surface area contributed by atoms with E-state index in [4.69, 9.17) is 4.74 Å². The largest absolute Gasteiger partial charge is 0.454 e. The number of fused-ring (bicyclic) bond motifs is 1. The summed E-state index contributed by atoms with van der Waals surface area (Å²) >= 11 is 0. The van der Waals surface area contributed by atoms with E-state index in [1.165, 1.54) is 0 Å². The van der Waals surface area contributed by atoms with Crippen LogP contribution in [0.2, 0.25) is 0 Å². The van der Waals surface area contributed by atoms with Crippen molar-refractivity contribution < 1.29 is 9.53 Å². The van der Waals surface area contributed by atoms with Crippen LogP contribution >= 0.6 is 0 Å². The molecule has 0 saturated carbocycles. The maximum atomic E-state index is 12.2. The molecule has 0 aliphatic rings. The van der Waals surface area contributed by atoms with Crippen LogP contribution in [-0.2, 0) is 11.3 Å². The molecule has 1 heterocycles. The van der Waals surface area contributed by atoms with Gasteiger partial charge in [0.25, 0.3) is 5.56 Å². The lowest BCUT2D eigenvalue weighted by atomic mass is 10.2. The number of nitrogens with zero attached hydrogens (tertiary/aromatic N) is 2. The molecule has 3 rings (SSSR count). The van der Waals surface area contributed by atoms with Gasteiger partial charge in [0.15, 0.2) is 0 Å². The Bertz CT molecular complexity index is 947. The third kappa shape index (κ3) is 3.27. The molecule has 0 aliphatic heterocycles. The third-order valence-corrected chi connectivity index (χ3v) is 3.60. The van der Waals surface area contributed by atoms with Crippen molar-refractivity contribution in [3.63, 3.8) is 0 Å². The highest BCUT2D eigenvalue weighted by molar-refractivity contribution is 5.90. The lowest BCUT2D eigenvalue weighted by Gasteiger charge is -2.13. The topological polar surface area (TPSA) is 75.3 Å². The molecule has 6 nitrogen and oxygen atoms in total. The highest BCUT2D eigenvalue weighted by Crippen LogP contribution is 2.14. The van der Waals surface area contributed by atoms with E-state index in [1.54, 1.807) is 42.5 Å². The Morgan fingerprint density at radius 3 is 2.75 bits per heavy atom. The number of ether oxygens (including phenoxy) is 1. The van der Waals surface area contributed by atoms with E-state index in [2.05, 4.69) is 9.97 Å². The smallest absolute Gasteiger partial charge is 0.338 e. The van der Waals surface area contributed by atoms with Gasteiger partial charge in [-0.25, -0.2) is 9.78 Å². The first-order valence-electron chi connectivity index (χ1n) is 7.47. The van der Waals surface area contributed by atoms with E-state index in [0.29, 0.717) is 22.3 Å². The summed E-state index contributed by atoms with van der Waals surface area (Å²) in [6.07, 6.45) is 0. The minimum Gasteiger partial charge on any atom is -0.454 e. The van der Waals surface area contributed by atoms with Crippen molar-refractivity contribution in [3.05, 3.63) is 70.3 Å². The van der Waals surface area contributed by atoms with Crippen molar-refractivity contribution in [2.24, 2.45) is 0 Å². The molecule has 0 radical (unpaired) electrons. The van der Waals surface area contributed by atoms with Gasteiger partial charge in [0.1, 0.15) is 12.4 Å². The van der Waals surface area contributed by atoms with Crippen molar-refractivity contribution in [1.82, 2.24) is 9.97 Å². The summed E-state index contributed by atoms with van der Waals surface area (Å²) in [6, 6.07) is 14.2. The van der Waals surface area contributed by atoms with E-state index in [9.17, 15) is 9.59 Å². The Morgan fingerprint density at radius 2 is 1.96 bits per heavy atom. The first-order valence-corrected chi connectivity index (χ1v) is 7.47. The minimum atomic E-state index is -0.463. The van der Waals surface area contributed by atoms with Gasteiger partial charge >= 0.3 is 5.97 Å². The number of benzene rings is 2. The zero-order valence-corrected chi connectivity index (χ0v) is 13.4. The number of anilines is 1. The van der Waals surface area contributed by atoms with Gasteiger partial charge in [0.2, 0.25) is 0 Å². The Balaban J connectivity index is 1.77. The fourth-order valence-corrected chi connectivity index (χ4v) is 2.33. The van der Waals surface area contributed by atoms with Crippen LogP contribution in [0.25, 0.3) is 10.9 Å². The van der Waals surface area contributed by atoms with E-state index in [-0.39, 0.29) is 12.2 Å². The number of aromatic nitrogens is 2. The third-order valence-electron chi connectivity index (χ3n) is 3.60. The summed E-state index contributed by atoms with van der Waals surface area (Å²) < 4.78 is 5.26. The molecule has 0 aliphatic carbocycles. The van der Waals surface area contributed by atoms with Gasteiger partial charge in [-0.3, -0.25) is 4.79 Å². The summed E-state index contributed by atoms with van der Waals surface area (Å²) in [6.45, 7) is -0.0922. The van der Waals surface area contributed by atoms with Gasteiger partial charge in [-0.15, -0.1) is 0 Å². The standard InChI is InChI=1S/C18H17N3O3/c1-21(2)13-7-5-6-12(10-13)18(23)24-11-16-19-15-9-4-3-8-14(15)17(22)20-16/h3-10H,11H2,1-2H3,(H,19,20,22). The molecule has 0 unspecified atom stereocenters. The summed E-state index contributed by atoms with van der Waals surface area (Å²) in [5.74, 6) is -0.148. The molecule has 1 aromatic heterocycles. The normalized spacial score (nSPS) is 10.6. The van der Waals surface area contributed by atoms with Gasteiger partial charge < -0.3 is 14.6 Å². The number of esters is 1. The highest BCUT2D eigenvalue weighted by Gasteiger charge is 2.10. The van der Waals surface area contributed by atoms with Gasteiger partial charge in [0, 0.05) is 19.8 Å². The molecule has 3 aromatic rings. The fraction of sp³-hybridized carbons (Fsp3) is 0.167. The number of para-hydroxylation sites is 1. The van der Waals surface area contributed by atoms with Crippen molar-refractivity contribution in [3.8, 4) is 0 Å². The van der Waals surface area contributed by atoms with Gasteiger partial charge in [-0.05, 0) is 30.3 Å². The Morgan fingerprint density at radius 1 is 1.17 bits per heavy atom. The predicted molar refractivity (Wildman–Crippen MR) is 92.3 cm³/mol. The van der Waals surface area contributed by atoms with Crippen LogP contribution in [0.5, 0.6) is 0 Å². The molecule has 0 fully saturated rings. The summed E-state index contributed by atoms with van der Waals surface area (Å²) in [7, 11) is 3.79. The maximum Gasteiger partial charge on any atom is 0.338 e. The second kappa shape index (κ2) is 6.54. The van der Waals surface area contributed by atoms with Crippen LogP contribution in [0.15, 0.2) is 53.3 Å². The quantitative estimate of drug-likeness (QED) is 0.746. The molecule has 1 N–H and O–H groups in total. The first kappa shape index (κ1) is 15.7. The number of carbonyl (C=O) groups excluding carboxylic acids is 1. The lowest BCUT2D eigenvalue weighted by Crippen LogP contribution is -2.15. The van der Waals surface area contributed by atoms with Gasteiger partial charge in [0.05, 0.1) is 16.5 Å². The number of rotatable bonds is 4. The molecule has 2 aromatic carbocycles. The van der Waals surface area contributed by atoms with Crippen molar-refractivity contribution >= 4 is 22.6 Å². The molecular weight excluding hydrogens is 306 g/mol. The number of hydrogen-bond donors (Lipinski definition) is 1. The van der Waals surface area contributed by atoms with E-state index in [0.717, 1.165) is 5.69 Å². The fourth-order valence-electron chi connectivity index (χ4n) is 2.33. The van der Waals surface area contributed by atoms with E-state index in [1.807, 2.05) is 25.1 Å². The number of aromatic amines is 1. The van der Waals surface area contributed by atoms with E-state index >= 15 is 0 Å². The van der Waals surface area contributed by atoms with Gasteiger partial charge in [-0.2, -0.15) is 0 Å². The SMILES string of the molecule is CN(C)c1cccc(C(=O)OCc2nc3ccccc3c(=O)[nH]2)c1. The molecule has 0 spiro atoms. The summed E-state index contributed by atoms with van der Waals surface area (Å²) in [5, 5.41) is 0.506. The van der Waals surface area contributed by atoms with Gasteiger partial charge in [-0.1, -0.05) is 18.2 Å². The molecule has 0 saturated heterocycles. The predicted octanol–water partition coefficient (Wildman–Crippen LogP) is 2.35. The monoisotopic (exact) mass is 323 g/mol. The second-order valence-electron chi connectivity index (χ2n) is 5.55. The Kier molecular flexibility index (Phi) is 4.29. The van der Waals surface area contributed by atoms with Crippen molar-refractivity contribution in [2.45, 2.75) is 6.61 Å². The van der Waals surface area contributed by atoms with Crippen molar-refractivity contribution in [2.75, 3.05) is 19.0 Å². The number of hydrogen-bond acceptors (Lipinski definition) is 5. The van der Waals surface area contributed by atoms with Crippen LogP contribution in [0.1, 0.15) is 16.2 Å². The molecule has 0 bridgehead atoms. The number of nitrogens with one attached hydrogen (secondary N) is 1. The molecule has 122 valence electrons. The Labute approximate surface area is 138 Å². The maximum absolute atomic E-state index is 12.2. The molecule has 6 heteroatoms. The van der Waals surface area contributed by atoms with Crippen LogP contribution in [-0.4, -0.2) is 30.0 Å². The number of H-pyrrole nitrogens is 1. The average Bonchev–Trinajstić information content (AvgIpc) is 2.60. The lowest BCUT2D eigenvalue weighted by molar-refractivity contribution is 0.0462. The highest BCUT2D eigenvalue weighted by atomic mass is 16.5. The molecule has 0 amide bonds. The molecule has 0 atom stereocenters. The number of carbonyl (C=O) groups is 1. The van der Waals surface area contributed by atoms with E-state index < -0.39 is 5.97 Å². The van der Waals surface area contributed by atoms with Crippen LogP contribution in [0.3, 0.4) is 0 Å². The molecular formula is C18H17N3O3. The zero-order valence-electron chi connectivity index (χ0n) is 13.4. The van der Waals surface area contributed by atoms with Crippen LogP contribution in [0, 0.1) is 0 Å². The first-order chi connectivity index (χ1) is 11.5. The zero-order chi connectivity index (χ0) is 17.1. The van der Waals surface area contributed by atoms with Crippen LogP contribution in [0.4, 0.5) is 5.69 Å². The average molecular weight is 323 g/mol. The summed E-state index contributed by atoms with van der Waals surface area (Å²) in [5.41, 5.74) is 1.68. The molecule has 24 heavy (non-hydrogen) atoms. The van der Waals surface area contributed by atoms with Crippen LogP contribution < -0.4 is 10.5 Å².